The molecule has 310 valence electrons. The molecule has 6 aliphatic carbocycles. The number of carbonyl (C=O) groups is 5. The summed E-state index contributed by atoms with van der Waals surface area (Å²) in [6, 6.07) is 12.9. The Balaban J connectivity index is 0.000000150. The molecule has 0 heterocycles. The number of ether oxygens (including phenoxy) is 3. The van der Waals surface area contributed by atoms with E-state index in [0.717, 1.165) is 38.5 Å². The molecule has 6 aliphatic rings. The van der Waals surface area contributed by atoms with Crippen molar-refractivity contribution < 1.29 is 53.5 Å². The maximum atomic E-state index is 12.4. The van der Waals surface area contributed by atoms with Gasteiger partial charge in [0.05, 0.1) is 51.5 Å². The molecule has 0 saturated heterocycles. The highest BCUT2D eigenvalue weighted by Crippen LogP contribution is 2.63. The molecule has 9 unspecified atom stereocenters. The van der Waals surface area contributed by atoms with E-state index in [4.69, 9.17) is 38.4 Å². The van der Waals surface area contributed by atoms with Gasteiger partial charge < -0.3 is 35.3 Å². The number of hydrogen-bond acceptors (Lipinski definition) is 12. The number of aliphatic hydroxyl groups excluding tert-OH is 3. The number of hydrogen-bond donors (Lipinski definition) is 4. The highest BCUT2D eigenvalue weighted by atomic mass is 35.5. The number of Topliss-reactive ketones (excluding diaryl/α,β-unsaturated/α-hetero) is 2. The molecule has 0 aromatic heterocycles. The summed E-state index contributed by atoms with van der Waals surface area (Å²) in [4.78, 5) is 60.0. The van der Waals surface area contributed by atoms with E-state index in [0.29, 0.717) is 56.7 Å². The summed E-state index contributed by atoms with van der Waals surface area (Å²) in [5.41, 5.74) is 6.83. The minimum Gasteiger partial charge on any atom is -0.469 e. The molecule has 0 aliphatic heterocycles. The van der Waals surface area contributed by atoms with Gasteiger partial charge in [-0.3, -0.25) is 24.0 Å². The largest absolute Gasteiger partial charge is 0.469 e. The van der Waals surface area contributed by atoms with Gasteiger partial charge in [0.15, 0.2) is 11.6 Å². The van der Waals surface area contributed by atoms with E-state index in [9.17, 15) is 39.3 Å². The van der Waals surface area contributed by atoms with Gasteiger partial charge in [0.2, 0.25) is 0 Å². The first-order valence-electron chi connectivity index (χ1n) is 19.8. The topological polar surface area (TPSA) is 200 Å². The van der Waals surface area contributed by atoms with E-state index >= 15 is 0 Å². The van der Waals surface area contributed by atoms with Gasteiger partial charge in [0.1, 0.15) is 6.04 Å². The summed E-state index contributed by atoms with van der Waals surface area (Å²) in [7, 11) is 4.07. The van der Waals surface area contributed by atoms with Crippen LogP contribution in [0.5, 0.6) is 0 Å². The van der Waals surface area contributed by atoms with Gasteiger partial charge >= 0.3 is 17.9 Å². The van der Waals surface area contributed by atoms with Crippen molar-refractivity contribution in [1.29, 1.82) is 0 Å². The van der Waals surface area contributed by atoms with Crippen LogP contribution in [0.2, 0.25) is 10.0 Å². The van der Waals surface area contributed by atoms with Gasteiger partial charge in [-0.05, 0) is 140 Å². The molecule has 2 aromatic carbocycles. The minimum atomic E-state index is -0.479. The van der Waals surface area contributed by atoms with Gasteiger partial charge in [0.25, 0.3) is 0 Å². The molecule has 6 saturated carbocycles. The smallest absolute Gasteiger partial charge is 0.322 e. The average Bonchev–Trinajstić information content (AvgIpc) is 4.05. The van der Waals surface area contributed by atoms with Crippen LogP contribution in [-0.4, -0.2) is 90.5 Å². The summed E-state index contributed by atoms with van der Waals surface area (Å²) < 4.78 is 14.4. The van der Waals surface area contributed by atoms with Crippen molar-refractivity contribution in [2.24, 2.45) is 70.8 Å². The second-order valence-corrected chi connectivity index (χ2v) is 17.5. The number of fused-ring (bicyclic) bond motifs is 3. The maximum Gasteiger partial charge on any atom is 0.322 e. The van der Waals surface area contributed by atoms with Crippen LogP contribution in [0.25, 0.3) is 0 Å². The van der Waals surface area contributed by atoms with E-state index in [1.807, 2.05) is 0 Å². The monoisotopic (exact) mass is 829 g/mol. The second-order valence-electron chi connectivity index (χ2n) is 16.7. The van der Waals surface area contributed by atoms with Gasteiger partial charge in [-0.15, -0.1) is 0 Å². The predicted octanol–water partition coefficient (Wildman–Crippen LogP) is 4.94. The number of rotatable bonds is 12. The van der Waals surface area contributed by atoms with Crippen molar-refractivity contribution in [3.63, 3.8) is 0 Å². The Labute approximate surface area is 342 Å². The summed E-state index contributed by atoms with van der Waals surface area (Å²) >= 11 is 11.6. The standard InChI is InChI=1S/2C17H19ClO4.C9H15NO3/c2*1-22-17(21)14(16-12-6-11(19)7-13(12)16)8-15(20)9-2-4-10(18)5-3-9;1-13-9(12)8(10)7-5-2-4(11)3-6(5)7/h2*2-5,11-14,16,19H,6-8H2,1H3;4-8,11H,2-3,10H2,1H3/t2*11?,12-,13+,14?,16?;4?,5-,6+,7?,8?. The Bertz CT molecular complexity index is 1650. The third-order valence-electron chi connectivity index (χ3n) is 13.4. The predicted molar refractivity (Wildman–Crippen MR) is 209 cm³/mol. The van der Waals surface area contributed by atoms with Crippen LogP contribution in [0.1, 0.15) is 72.1 Å². The van der Waals surface area contributed by atoms with Crippen LogP contribution < -0.4 is 5.73 Å². The minimum absolute atomic E-state index is 0.0717. The third kappa shape index (κ3) is 9.91. The zero-order chi connectivity index (χ0) is 41.3. The SMILES string of the molecule is COC(=O)C(CC(=O)c1ccc(Cl)cc1)C1[C@H]2CC(O)C[C@@H]12.COC(=O)C(CC(=O)c1ccc(Cl)cc1)C1[C@H]2CC(O)C[C@@H]12.COC(=O)C(N)C1[C@H]2CC(O)C[C@@H]12. The fourth-order valence-corrected chi connectivity index (χ4v) is 10.8. The number of benzene rings is 2. The lowest BCUT2D eigenvalue weighted by atomic mass is 9.90. The van der Waals surface area contributed by atoms with E-state index < -0.39 is 17.9 Å². The molecule has 0 spiro atoms. The molecular formula is C43H53Cl2NO11. The molecule has 2 aromatic rings. The first-order chi connectivity index (χ1) is 27.2. The van der Waals surface area contributed by atoms with Gasteiger partial charge in [-0.25, -0.2) is 0 Å². The van der Waals surface area contributed by atoms with Crippen molar-refractivity contribution in [2.45, 2.75) is 75.7 Å². The summed E-state index contributed by atoms with van der Waals surface area (Å²) in [5, 5.41) is 29.7. The molecule has 15 atom stereocenters. The van der Waals surface area contributed by atoms with Crippen LogP contribution in [0, 0.1) is 65.1 Å². The number of methoxy groups -OCH3 is 3. The quantitative estimate of drug-likeness (QED) is 0.128. The Morgan fingerprint density at radius 3 is 1.11 bits per heavy atom. The second kappa shape index (κ2) is 18.3. The lowest BCUT2D eigenvalue weighted by Gasteiger charge is -2.17. The van der Waals surface area contributed by atoms with Crippen LogP contribution >= 0.6 is 23.2 Å². The molecule has 0 amide bonds. The van der Waals surface area contributed by atoms with Crippen LogP contribution in [0.3, 0.4) is 0 Å². The van der Waals surface area contributed by atoms with E-state index in [-0.39, 0.29) is 78.4 Å². The lowest BCUT2D eigenvalue weighted by molar-refractivity contribution is -0.147. The van der Waals surface area contributed by atoms with E-state index in [1.165, 1.54) is 21.3 Å². The van der Waals surface area contributed by atoms with Gasteiger partial charge in [-0.1, -0.05) is 23.2 Å². The summed E-state index contributed by atoms with van der Waals surface area (Å²) in [5.74, 6) is 1.04. The van der Waals surface area contributed by atoms with Crippen LogP contribution in [0.15, 0.2) is 48.5 Å². The number of ketones is 2. The van der Waals surface area contributed by atoms with Crippen molar-refractivity contribution in [2.75, 3.05) is 21.3 Å². The summed E-state index contributed by atoms with van der Waals surface area (Å²) in [6.07, 6.45) is 4.18. The van der Waals surface area contributed by atoms with Crippen molar-refractivity contribution in [3.05, 3.63) is 69.7 Å². The zero-order valence-corrected chi connectivity index (χ0v) is 33.9. The number of nitrogens with two attached hydrogens (primary N) is 1. The molecule has 5 N–H and O–H groups in total. The molecular weight excluding hydrogens is 777 g/mol. The third-order valence-corrected chi connectivity index (χ3v) is 13.9. The van der Waals surface area contributed by atoms with Crippen LogP contribution in [-0.2, 0) is 28.6 Å². The van der Waals surface area contributed by atoms with Crippen LogP contribution in [0.4, 0.5) is 0 Å². The molecule has 8 rings (SSSR count). The first kappa shape index (κ1) is 43.2. The lowest BCUT2D eigenvalue weighted by Crippen LogP contribution is -2.35. The molecule has 6 fully saturated rings. The van der Waals surface area contributed by atoms with Gasteiger partial charge in [-0.2, -0.15) is 0 Å². The Morgan fingerprint density at radius 2 is 0.825 bits per heavy atom. The number of halogens is 2. The first-order valence-corrected chi connectivity index (χ1v) is 20.5. The molecule has 12 nitrogen and oxygen atoms in total. The van der Waals surface area contributed by atoms with Crippen molar-refractivity contribution >= 4 is 52.7 Å². The molecule has 0 bridgehead atoms. The maximum absolute atomic E-state index is 12.4. The molecule has 0 radical (unpaired) electrons. The van der Waals surface area contributed by atoms with E-state index in [1.54, 1.807) is 48.5 Å². The fraction of sp³-hybridized carbons (Fsp3) is 0.605. The van der Waals surface area contributed by atoms with Crippen molar-refractivity contribution in [1.82, 2.24) is 0 Å². The average molecular weight is 831 g/mol. The van der Waals surface area contributed by atoms with Gasteiger partial charge in [0, 0.05) is 34.0 Å². The fourth-order valence-electron chi connectivity index (χ4n) is 10.6. The highest BCUT2D eigenvalue weighted by molar-refractivity contribution is 6.31. The Kier molecular flexibility index (Phi) is 13.8. The normalized spacial score (nSPS) is 33.6. The zero-order valence-electron chi connectivity index (χ0n) is 32.4. The van der Waals surface area contributed by atoms with Crippen molar-refractivity contribution in [3.8, 4) is 0 Å². The van der Waals surface area contributed by atoms with E-state index in [2.05, 4.69) is 4.74 Å². The Hall–Kier alpha value is -3.39. The highest BCUT2D eigenvalue weighted by Gasteiger charge is 2.62. The Morgan fingerprint density at radius 1 is 0.544 bits per heavy atom. The summed E-state index contributed by atoms with van der Waals surface area (Å²) in [6.45, 7) is 0. The number of carbonyl (C=O) groups excluding carboxylic acids is 5. The number of aliphatic hydroxyl groups is 3. The molecule has 57 heavy (non-hydrogen) atoms. The number of esters is 3. The molecule has 14 heteroatoms.